The molecule has 2 N–H and O–H groups in total. The minimum absolute atomic E-state index is 0.0380. The summed E-state index contributed by atoms with van der Waals surface area (Å²) in [6, 6.07) is 14.7. The van der Waals surface area contributed by atoms with E-state index < -0.39 is 17.9 Å². The average molecular weight is 392 g/mol. The Morgan fingerprint density at radius 2 is 1.79 bits per heavy atom. The number of aromatic amines is 1. The van der Waals surface area contributed by atoms with E-state index in [0.717, 1.165) is 11.1 Å². The molecular weight excluding hydrogens is 368 g/mol. The molecule has 0 unspecified atom stereocenters. The van der Waals surface area contributed by atoms with Gasteiger partial charge in [-0.15, -0.1) is 0 Å². The van der Waals surface area contributed by atoms with E-state index in [-0.39, 0.29) is 16.9 Å². The second kappa shape index (κ2) is 8.73. The second-order valence-corrected chi connectivity index (χ2v) is 7.29. The van der Waals surface area contributed by atoms with E-state index in [2.05, 4.69) is 10.3 Å². The highest BCUT2D eigenvalue weighted by molar-refractivity contribution is 5.99. The molecular formula is C23H24N2O4. The van der Waals surface area contributed by atoms with Crippen molar-refractivity contribution < 1.29 is 14.3 Å². The fraction of sp³-hybridized carbons (Fsp3) is 0.261. The number of ether oxygens (including phenoxy) is 1. The van der Waals surface area contributed by atoms with Gasteiger partial charge in [-0.1, -0.05) is 50.2 Å². The van der Waals surface area contributed by atoms with Gasteiger partial charge in [-0.05, 0) is 35.6 Å². The number of H-pyrrole nitrogens is 1. The molecule has 0 radical (unpaired) electrons. The zero-order valence-electron chi connectivity index (χ0n) is 16.7. The minimum Gasteiger partial charge on any atom is -0.467 e. The Morgan fingerprint density at radius 1 is 1.07 bits per heavy atom. The van der Waals surface area contributed by atoms with Crippen molar-refractivity contribution in [3.05, 3.63) is 81.6 Å². The number of esters is 1. The van der Waals surface area contributed by atoms with Gasteiger partial charge < -0.3 is 15.0 Å². The number of benzene rings is 2. The molecule has 29 heavy (non-hydrogen) atoms. The van der Waals surface area contributed by atoms with Crippen molar-refractivity contribution in [3.8, 4) is 0 Å². The Labute approximate surface area is 168 Å². The number of carbonyl (C=O) groups is 2. The SMILES string of the molecule is COC(=O)[C@@H](NC(=O)c1c[nH]c2ccc(Cc3ccccc3)cc2c1=O)C(C)C. The van der Waals surface area contributed by atoms with Gasteiger partial charge in [0.15, 0.2) is 0 Å². The Morgan fingerprint density at radius 3 is 2.45 bits per heavy atom. The van der Waals surface area contributed by atoms with Crippen molar-refractivity contribution >= 4 is 22.8 Å². The molecule has 0 saturated carbocycles. The summed E-state index contributed by atoms with van der Waals surface area (Å²) in [5.41, 5.74) is 2.34. The van der Waals surface area contributed by atoms with Crippen molar-refractivity contribution in [2.24, 2.45) is 5.92 Å². The summed E-state index contributed by atoms with van der Waals surface area (Å²) in [5.74, 6) is -1.33. The fourth-order valence-corrected chi connectivity index (χ4v) is 3.22. The molecule has 150 valence electrons. The Bertz CT molecular complexity index is 1090. The number of hydrogen-bond acceptors (Lipinski definition) is 4. The van der Waals surface area contributed by atoms with Crippen LogP contribution in [0.25, 0.3) is 10.9 Å². The number of pyridine rings is 1. The molecule has 0 aliphatic carbocycles. The molecule has 1 aromatic heterocycles. The second-order valence-electron chi connectivity index (χ2n) is 7.29. The van der Waals surface area contributed by atoms with Gasteiger partial charge in [0.1, 0.15) is 11.6 Å². The van der Waals surface area contributed by atoms with Crippen molar-refractivity contribution in [2.45, 2.75) is 26.3 Å². The van der Waals surface area contributed by atoms with Crippen LogP contribution in [0.4, 0.5) is 0 Å². The lowest BCUT2D eigenvalue weighted by Gasteiger charge is -2.19. The van der Waals surface area contributed by atoms with E-state index in [9.17, 15) is 14.4 Å². The molecule has 1 amide bonds. The third-order valence-corrected chi connectivity index (χ3v) is 4.85. The van der Waals surface area contributed by atoms with Crippen molar-refractivity contribution in [2.75, 3.05) is 7.11 Å². The summed E-state index contributed by atoms with van der Waals surface area (Å²) in [6.45, 7) is 3.59. The maximum Gasteiger partial charge on any atom is 0.328 e. The van der Waals surface area contributed by atoms with Crippen LogP contribution in [0.5, 0.6) is 0 Å². The predicted octanol–water partition coefficient (Wildman–Crippen LogP) is 3.05. The largest absolute Gasteiger partial charge is 0.467 e. The van der Waals surface area contributed by atoms with Crippen LogP contribution < -0.4 is 10.7 Å². The molecule has 3 aromatic rings. The lowest BCUT2D eigenvalue weighted by molar-refractivity contribution is -0.144. The van der Waals surface area contributed by atoms with Crippen molar-refractivity contribution in [1.82, 2.24) is 10.3 Å². The van der Waals surface area contributed by atoms with E-state index in [1.807, 2.05) is 42.5 Å². The monoisotopic (exact) mass is 392 g/mol. The molecule has 0 fully saturated rings. The molecule has 1 heterocycles. The quantitative estimate of drug-likeness (QED) is 0.631. The molecule has 0 bridgehead atoms. The third kappa shape index (κ3) is 4.54. The number of methoxy groups -OCH3 is 1. The summed E-state index contributed by atoms with van der Waals surface area (Å²) >= 11 is 0. The maximum absolute atomic E-state index is 13.0. The first kappa shape index (κ1) is 20.3. The highest BCUT2D eigenvalue weighted by atomic mass is 16.5. The first-order valence-electron chi connectivity index (χ1n) is 9.47. The molecule has 0 saturated heterocycles. The van der Waals surface area contributed by atoms with Gasteiger partial charge in [0.05, 0.1) is 7.11 Å². The number of carbonyl (C=O) groups excluding carboxylic acids is 2. The van der Waals surface area contributed by atoms with Crippen molar-refractivity contribution in [1.29, 1.82) is 0 Å². The van der Waals surface area contributed by atoms with Gasteiger partial charge in [-0.25, -0.2) is 4.79 Å². The van der Waals surface area contributed by atoms with E-state index >= 15 is 0 Å². The maximum atomic E-state index is 13.0. The number of hydrogen-bond donors (Lipinski definition) is 2. The van der Waals surface area contributed by atoms with Crippen LogP contribution in [0.15, 0.2) is 59.5 Å². The first-order valence-corrected chi connectivity index (χ1v) is 9.47. The standard InChI is InChI=1S/C23H24N2O4/c1-14(2)20(23(28)29-3)25-22(27)18-13-24-19-10-9-16(12-17(19)21(18)26)11-15-7-5-4-6-8-15/h4-10,12-14,20H,11H2,1-3H3,(H,24,26)(H,25,27)/t20-/m0/s1. The van der Waals surface area contributed by atoms with Crippen molar-refractivity contribution in [3.63, 3.8) is 0 Å². The summed E-state index contributed by atoms with van der Waals surface area (Å²) in [4.78, 5) is 40.6. The highest BCUT2D eigenvalue weighted by Crippen LogP contribution is 2.15. The van der Waals surface area contributed by atoms with Crippen LogP contribution in [0.1, 0.15) is 35.3 Å². The van der Waals surface area contributed by atoms with E-state index in [1.165, 1.54) is 13.3 Å². The van der Waals surface area contributed by atoms with Gasteiger partial charge in [0.25, 0.3) is 5.91 Å². The molecule has 6 heteroatoms. The topological polar surface area (TPSA) is 88.3 Å². The van der Waals surface area contributed by atoms with Crippen LogP contribution >= 0.6 is 0 Å². The van der Waals surface area contributed by atoms with Gasteiger partial charge in [0.2, 0.25) is 5.43 Å². The molecule has 2 aromatic carbocycles. The zero-order valence-corrected chi connectivity index (χ0v) is 16.7. The molecule has 6 nitrogen and oxygen atoms in total. The first-order chi connectivity index (χ1) is 13.9. The van der Waals surface area contributed by atoms with Gasteiger partial charge >= 0.3 is 5.97 Å². The molecule has 3 rings (SSSR count). The molecule has 0 aliphatic rings. The number of fused-ring (bicyclic) bond motifs is 1. The van der Waals surface area contributed by atoms with E-state index in [4.69, 9.17) is 4.74 Å². The van der Waals surface area contributed by atoms with Crippen LogP contribution in [0, 0.1) is 5.92 Å². The number of rotatable bonds is 6. The average Bonchev–Trinajstić information content (AvgIpc) is 2.72. The Hall–Kier alpha value is -3.41. The summed E-state index contributed by atoms with van der Waals surface area (Å²) in [7, 11) is 1.26. The molecule has 0 spiro atoms. The summed E-state index contributed by atoms with van der Waals surface area (Å²) in [6.07, 6.45) is 2.07. The van der Waals surface area contributed by atoms with E-state index in [1.54, 1.807) is 19.9 Å². The predicted molar refractivity (Wildman–Crippen MR) is 112 cm³/mol. The van der Waals surface area contributed by atoms with Crippen LogP contribution in [-0.2, 0) is 16.0 Å². The smallest absolute Gasteiger partial charge is 0.328 e. The van der Waals surface area contributed by atoms with Gasteiger partial charge in [-0.2, -0.15) is 0 Å². The van der Waals surface area contributed by atoms with Crippen LogP contribution in [-0.4, -0.2) is 30.0 Å². The summed E-state index contributed by atoms with van der Waals surface area (Å²) in [5, 5.41) is 3.05. The molecule has 1 atom stereocenters. The normalized spacial score (nSPS) is 12.0. The Kier molecular flexibility index (Phi) is 6.12. The highest BCUT2D eigenvalue weighted by Gasteiger charge is 2.26. The fourth-order valence-electron chi connectivity index (χ4n) is 3.22. The van der Waals surface area contributed by atoms with Gasteiger partial charge in [0, 0.05) is 17.1 Å². The number of nitrogens with one attached hydrogen (secondary N) is 2. The lowest BCUT2D eigenvalue weighted by Crippen LogP contribution is -2.46. The zero-order chi connectivity index (χ0) is 21.0. The van der Waals surface area contributed by atoms with Crippen LogP contribution in [0.2, 0.25) is 0 Å². The third-order valence-electron chi connectivity index (χ3n) is 4.85. The molecule has 0 aliphatic heterocycles. The minimum atomic E-state index is -0.827. The summed E-state index contributed by atoms with van der Waals surface area (Å²) < 4.78 is 4.74. The Balaban J connectivity index is 1.93. The number of aromatic nitrogens is 1. The number of amides is 1. The van der Waals surface area contributed by atoms with E-state index in [0.29, 0.717) is 17.3 Å². The van der Waals surface area contributed by atoms with Crippen LogP contribution in [0.3, 0.4) is 0 Å². The lowest BCUT2D eigenvalue weighted by atomic mass is 10.0. The van der Waals surface area contributed by atoms with Gasteiger partial charge in [-0.3, -0.25) is 9.59 Å².